The zero-order valence-corrected chi connectivity index (χ0v) is 14.3. The number of thioether (sulfide) groups is 2. The van der Waals surface area contributed by atoms with Gasteiger partial charge in [0.25, 0.3) is 0 Å². The van der Waals surface area contributed by atoms with Crippen molar-refractivity contribution in [2.45, 2.75) is 67.8 Å². The molecular formula is C15H24N2O2S2. The highest BCUT2D eigenvalue weighted by atomic mass is 32.2. The van der Waals surface area contributed by atoms with E-state index >= 15 is 0 Å². The third-order valence-corrected chi connectivity index (χ3v) is 8.01. The zero-order valence-electron chi connectivity index (χ0n) is 12.7. The summed E-state index contributed by atoms with van der Waals surface area (Å²) < 4.78 is 5.44. The summed E-state index contributed by atoms with van der Waals surface area (Å²) in [6, 6.07) is 0. The van der Waals surface area contributed by atoms with Crippen LogP contribution >= 0.6 is 23.5 Å². The summed E-state index contributed by atoms with van der Waals surface area (Å²) in [6.07, 6.45) is 4.85. The lowest BCUT2D eigenvalue weighted by molar-refractivity contribution is 0.0657. The third-order valence-electron chi connectivity index (χ3n) is 4.63. The first-order valence-corrected chi connectivity index (χ1v) is 9.90. The Morgan fingerprint density at radius 2 is 2.05 bits per heavy atom. The Balaban J connectivity index is 1.61. The Morgan fingerprint density at radius 3 is 2.81 bits per heavy atom. The molecule has 6 heteroatoms. The summed E-state index contributed by atoms with van der Waals surface area (Å²) in [5.74, 6) is 2.89. The third kappa shape index (κ3) is 3.77. The van der Waals surface area contributed by atoms with Gasteiger partial charge in [-0.05, 0) is 18.8 Å². The maximum atomic E-state index is 10.1. The molecule has 1 aromatic rings. The Kier molecular flexibility index (Phi) is 5.17. The minimum atomic E-state index is -0.199. The fourth-order valence-corrected chi connectivity index (χ4v) is 5.88. The standard InChI is InChI=1S/C15H24N2O2S2/c1-9-10(2)21-13(8-20-9)15-16-14(19-17-15)7-11-5-3-4-6-12(11)18/h9-13,18H,3-8H2,1-2H3. The highest BCUT2D eigenvalue weighted by molar-refractivity contribution is 8.07. The second-order valence-electron chi connectivity index (χ2n) is 6.23. The maximum absolute atomic E-state index is 10.1. The van der Waals surface area contributed by atoms with E-state index in [1.54, 1.807) is 0 Å². The largest absolute Gasteiger partial charge is 0.393 e. The molecule has 2 heterocycles. The molecule has 0 bridgehead atoms. The van der Waals surface area contributed by atoms with E-state index in [0.29, 0.717) is 27.6 Å². The van der Waals surface area contributed by atoms with Gasteiger partial charge >= 0.3 is 0 Å². The van der Waals surface area contributed by atoms with E-state index in [9.17, 15) is 5.11 Å². The monoisotopic (exact) mass is 328 g/mol. The van der Waals surface area contributed by atoms with E-state index in [1.807, 2.05) is 23.5 Å². The van der Waals surface area contributed by atoms with E-state index in [-0.39, 0.29) is 6.10 Å². The Hall–Kier alpha value is -0.200. The van der Waals surface area contributed by atoms with Gasteiger partial charge in [0.15, 0.2) is 5.82 Å². The summed E-state index contributed by atoms with van der Waals surface area (Å²) in [5.41, 5.74) is 0. The van der Waals surface area contributed by atoms with Crippen molar-refractivity contribution in [1.82, 2.24) is 10.1 Å². The zero-order chi connectivity index (χ0) is 14.8. The average Bonchev–Trinajstić information content (AvgIpc) is 2.93. The highest BCUT2D eigenvalue weighted by Gasteiger charge is 2.31. The molecule has 2 fully saturated rings. The van der Waals surface area contributed by atoms with Gasteiger partial charge in [-0.25, -0.2) is 0 Å². The molecule has 0 spiro atoms. The van der Waals surface area contributed by atoms with Crippen LogP contribution in [-0.2, 0) is 6.42 Å². The molecule has 0 amide bonds. The van der Waals surface area contributed by atoms with Crippen LogP contribution in [0.25, 0.3) is 0 Å². The second-order valence-corrected chi connectivity index (χ2v) is 9.23. The van der Waals surface area contributed by atoms with Gasteiger partial charge < -0.3 is 9.63 Å². The fraction of sp³-hybridized carbons (Fsp3) is 0.867. The average molecular weight is 329 g/mol. The smallest absolute Gasteiger partial charge is 0.227 e. The van der Waals surface area contributed by atoms with Gasteiger partial charge in [0.05, 0.1) is 11.4 Å². The van der Waals surface area contributed by atoms with E-state index in [2.05, 4.69) is 24.0 Å². The van der Waals surface area contributed by atoms with Gasteiger partial charge in [-0.15, -0.1) is 11.8 Å². The summed E-state index contributed by atoms with van der Waals surface area (Å²) in [4.78, 5) is 4.60. The maximum Gasteiger partial charge on any atom is 0.227 e. The lowest BCUT2D eigenvalue weighted by Gasteiger charge is -2.29. The van der Waals surface area contributed by atoms with Gasteiger partial charge in [0, 0.05) is 22.7 Å². The number of hydrogen-bond acceptors (Lipinski definition) is 6. The van der Waals surface area contributed by atoms with Crippen LogP contribution in [0.1, 0.15) is 56.5 Å². The van der Waals surface area contributed by atoms with E-state index in [0.717, 1.165) is 37.3 Å². The number of aliphatic hydroxyl groups is 1. The molecule has 118 valence electrons. The lowest BCUT2D eigenvalue weighted by atomic mass is 9.84. The summed E-state index contributed by atoms with van der Waals surface area (Å²) in [7, 11) is 0. The first-order valence-electron chi connectivity index (χ1n) is 7.91. The fourth-order valence-electron chi connectivity index (χ4n) is 3.05. The van der Waals surface area contributed by atoms with E-state index in [1.165, 1.54) is 6.42 Å². The molecule has 1 aromatic heterocycles. The molecule has 5 unspecified atom stereocenters. The molecule has 1 N–H and O–H groups in total. The molecule has 0 aromatic carbocycles. The molecule has 21 heavy (non-hydrogen) atoms. The van der Waals surface area contributed by atoms with Gasteiger partial charge in [0.2, 0.25) is 5.89 Å². The Labute approximate surface area is 134 Å². The number of aliphatic hydroxyl groups excluding tert-OH is 1. The number of hydrogen-bond donors (Lipinski definition) is 1. The van der Waals surface area contributed by atoms with Crippen molar-refractivity contribution in [2.75, 3.05) is 5.75 Å². The molecule has 1 aliphatic heterocycles. The van der Waals surface area contributed by atoms with Crippen molar-refractivity contribution < 1.29 is 9.63 Å². The van der Waals surface area contributed by atoms with Crippen molar-refractivity contribution in [3.05, 3.63) is 11.7 Å². The van der Waals surface area contributed by atoms with Crippen LogP contribution in [0.3, 0.4) is 0 Å². The van der Waals surface area contributed by atoms with Crippen LogP contribution in [0.5, 0.6) is 0 Å². The molecule has 4 nitrogen and oxygen atoms in total. The topological polar surface area (TPSA) is 59.2 Å². The Morgan fingerprint density at radius 1 is 1.24 bits per heavy atom. The summed E-state index contributed by atoms with van der Waals surface area (Å²) in [5, 5.41) is 15.9. The predicted molar refractivity (Wildman–Crippen MR) is 87.7 cm³/mol. The quantitative estimate of drug-likeness (QED) is 0.917. The summed E-state index contributed by atoms with van der Waals surface area (Å²) >= 11 is 3.94. The number of rotatable bonds is 3. The first-order chi connectivity index (χ1) is 10.1. The van der Waals surface area contributed by atoms with Crippen molar-refractivity contribution in [2.24, 2.45) is 5.92 Å². The molecule has 1 saturated heterocycles. The van der Waals surface area contributed by atoms with Crippen molar-refractivity contribution in [3.63, 3.8) is 0 Å². The van der Waals surface area contributed by atoms with Crippen molar-refractivity contribution in [1.29, 1.82) is 0 Å². The SMILES string of the molecule is CC1SCC(c2noc(CC3CCCCC3O)n2)SC1C. The molecule has 1 aliphatic carbocycles. The molecule has 5 atom stereocenters. The summed E-state index contributed by atoms with van der Waals surface area (Å²) in [6.45, 7) is 4.55. The molecule has 0 radical (unpaired) electrons. The second kappa shape index (κ2) is 6.92. The van der Waals surface area contributed by atoms with Crippen LogP contribution in [0.15, 0.2) is 4.52 Å². The van der Waals surface area contributed by atoms with Crippen LogP contribution in [0, 0.1) is 5.92 Å². The lowest BCUT2D eigenvalue weighted by Crippen LogP contribution is -2.26. The first kappa shape index (κ1) is 15.7. The van der Waals surface area contributed by atoms with Crippen molar-refractivity contribution >= 4 is 23.5 Å². The van der Waals surface area contributed by atoms with Crippen LogP contribution in [-0.4, -0.2) is 37.6 Å². The minimum absolute atomic E-state index is 0.199. The normalized spacial score (nSPS) is 37.6. The molecule has 2 aliphatic rings. The van der Waals surface area contributed by atoms with Crippen LogP contribution < -0.4 is 0 Å². The van der Waals surface area contributed by atoms with Gasteiger partial charge in [0.1, 0.15) is 0 Å². The van der Waals surface area contributed by atoms with Crippen molar-refractivity contribution in [3.8, 4) is 0 Å². The number of nitrogens with zero attached hydrogens (tertiary/aromatic N) is 2. The van der Waals surface area contributed by atoms with Crippen LogP contribution in [0.4, 0.5) is 0 Å². The molecular weight excluding hydrogens is 304 g/mol. The highest BCUT2D eigenvalue weighted by Crippen LogP contribution is 2.43. The van der Waals surface area contributed by atoms with Gasteiger partial charge in [-0.3, -0.25) is 0 Å². The molecule has 1 saturated carbocycles. The van der Waals surface area contributed by atoms with E-state index < -0.39 is 0 Å². The predicted octanol–water partition coefficient (Wildman–Crippen LogP) is 3.46. The van der Waals surface area contributed by atoms with Crippen LogP contribution in [0.2, 0.25) is 0 Å². The molecule has 3 rings (SSSR count). The van der Waals surface area contributed by atoms with Gasteiger partial charge in [-0.2, -0.15) is 16.7 Å². The van der Waals surface area contributed by atoms with E-state index in [4.69, 9.17) is 4.52 Å². The number of aromatic nitrogens is 2. The minimum Gasteiger partial charge on any atom is -0.393 e. The van der Waals surface area contributed by atoms with Gasteiger partial charge in [-0.1, -0.05) is 31.8 Å². The Bertz CT molecular complexity index is 468.